The van der Waals surface area contributed by atoms with Crippen LogP contribution in [-0.4, -0.2) is 10.4 Å². The normalized spacial score (nSPS) is 10.8. The average molecular weight is 283 g/mol. The third-order valence-corrected chi connectivity index (χ3v) is 4.28. The van der Waals surface area contributed by atoms with Gasteiger partial charge in [-0.05, 0) is 24.6 Å². The summed E-state index contributed by atoms with van der Waals surface area (Å²) in [5.74, 6) is -0.0336. The molecule has 100 valence electrons. The highest BCUT2D eigenvalue weighted by Crippen LogP contribution is 2.17. The van der Waals surface area contributed by atoms with Crippen LogP contribution in [-0.2, 0) is 6.54 Å². The van der Waals surface area contributed by atoms with E-state index in [4.69, 9.17) is 0 Å². The first-order chi connectivity index (χ1) is 9.66. The maximum Gasteiger partial charge on any atom is 0.308 e. The monoisotopic (exact) mass is 283 g/mol. The second kappa shape index (κ2) is 5.06. The van der Waals surface area contributed by atoms with E-state index in [0.717, 1.165) is 15.8 Å². The molecule has 1 heterocycles. The third-order valence-electron chi connectivity index (χ3n) is 3.32. The molecule has 0 radical (unpaired) electrons. The van der Waals surface area contributed by atoms with Crippen LogP contribution in [0.4, 0.5) is 0 Å². The van der Waals surface area contributed by atoms with Crippen LogP contribution in [0.25, 0.3) is 10.2 Å². The van der Waals surface area contributed by atoms with Gasteiger partial charge >= 0.3 is 4.87 Å². The molecule has 3 nitrogen and oxygen atoms in total. The molecule has 4 heteroatoms. The van der Waals surface area contributed by atoms with Crippen molar-refractivity contribution in [3.63, 3.8) is 0 Å². The standard InChI is InChI=1S/C16H13NO2S/c1-11-6-2-3-7-12(11)14(18)10-17-13-8-4-5-9-15(13)20-16(17)19/h2-9H,10H2,1H3. The molecule has 0 aliphatic heterocycles. The minimum absolute atomic E-state index is 0.0336. The molecule has 1 aromatic heterocycles. The van der Waals surface area contributed by atoms with Gasteiger partial charge in [0.1, 0.15) is 0 Å². The van der Waals surface area contributed by atoms with E-state index in [1.54, 1.807) is 10.6 Å². The minimum Gasteiger partial charge on any atom is -0.292 e. The fraction of sp³-hybridized carbons (Fsp3) is 0.125. The second-order valence-electron chi connectivity index (χ2n) is 4.66. The molecule has 3 aromatic rings. The van der Waals surface area contributed by atoms with Crippen molar-refractivity contribution < 1.29 is 4.79 Å². The largest absolute Gasteiger partial charge is 0.308 e. The van der Waals surface area contributed by atoms with Gasteiger partial charge in [-0.15, -0.1) is 0 Å². The molecular weight excluding hydrogens is 270 g/mol. The zero-order valence-electron chi connectivity index (χ0n) is 11.0. The van der Waals surface area contributed by atoms with E-state index in [-0.39, 0.29) is 17.2 Å². The summed E-state index contributed by atoms with van der Waals surface area (Å²) in [5, 5.41) is 0. The minimum atomic E-state index is -0.0897. The molecule has 0 spiro atoms. The number of ketones is 1. The Labute approximate surface area is 120 Å². The van der Waals surface area contributed by atoms with E-state index >= 15 is 0 Å². The summed E-state index contributed by atoms with van der Waals surface area (Å²) in [7, 11) is 0. The van der Waals surface area contributed by atoms with Gasteiger partial charge in [0.2, 0.25) is 0 Å². The Morgan fingerprint density at radius 2 is 1.80 bits per heavy atom. The van der Waals surface area contributed by atoms with Gasteiger partial charge in [0.05, 0.1) is 16.8 Å². The van der Waals surface area contributed by atoms with Gasteiger partial charge in [-0.3, -0.25) is 14.2 Å². The maximum absolute atomic E-state index is 12.4. The van der Waals surface area contributed by atoms with E-state index in [1.807, 2.05) is 49.4 Å². The van der Waals surface area contributed by atoms with Gasteiger partial charge in [-0.1, -0.05) is 47.7 Å². The molecule has 20 heavy (non-hydrogen) atoms. The molecule has 0 saturated heterocycles. The Morgan fingerprint density at radius 3 is 2.60 bits per heavy atom. The smallest absolute Gasteiger partial charge is 0.292 e. The van der Waals surface area contributed by atoms with Crippen molar-refractivity contribution in [3.05, 3.63) is 69.3 Å². The number of hydrogen-bond donors (Lipinski definition) is 0. The molecule has 3 rings (SSSR count). The molecule has 0 N–H and O–H groups in total. The molecule has 0 unspecified atom stereocenters. The Kier molecular flexibility index (Phi) is 3.24. The lowest BCUT2D eigenvalue weighted by molar-refractivity contribution is 0.0972. The number of benzene rings is 2. The number of carbonyl (C=O) groups excluding carboxylic acids is 1. The third kappa shape index (κ3) is 2.18. The van der Waals surface area contributed by atoms with Gasteiger partial charge in [-0.2, -0.15) is 0 Å². The van der Waals surface area contributed by atoms with Crippen molar-refractivity contribution in [1.82, 2.24) is 4.57 Å². The number of para-hydroxylation sites is 1. The van der Waals surface area contributed by atoms with Gasteiger partial charge in [0.15, 0.2) is 5.78 Å². The van der Waals surface area contributed by atoms with Crippen molar-refractivity contribution in [1.29, 1.82) is 0 Å². The van der Waals surface area contributed by atoms with Gasteiger partial charge in [0, 0.05) is 5.56 Å². The lowest BCUT2D eigenvalue weighted by Crippen LogP contribution is -2.19. The molecule has 0 bridgehead atoms. The zero-order chi connectivity index (χ0) is 14.1. The highest BCUT2D eigenvalue weighted by Gasteiger charge is 2.13. The molecular formula is C16H13NO2S. The first-order valence-electron chi connectivity index (χ1n) is 6.34. The summed E-state index contributed by atoms with van der Waals surface area (Å²) in [5.41, 5.74) is 2.43. The predicted molar refractivity (Wildman–Crippen MR) is 81.6 cm³/mol. The predicted octanol–water partition coefficient (Wildman–Crippen LogP) is 3.25. The number of rotatable bonds is 3. The summed E-state index contributed by atoms with van der Waals surface area (Å²) >= 11 is 1.18. The fourth-order valence-electron chi connectivity index (χ4n) is 2.28. The lowest BCUT2D eigenvalue weighted by atomic mass is 10.1. The SMILES string of the molecule is Cc1ccccc1C(=O)Cn1c(=O)sc2ccccc21. The zero-order valence-corrected chi connectivity index (χ0v) is 11.8. The van der Waals surface area contributed by atoms with Crippen molar-refractivity contribution in [2.24, 2.45) is 0 Å². The molecule has 0 amide bonds. The summed E-state index contributed by atoms with van der Waals surface area (Å²) in [4.78, 5) is 24.3. The number of aryl methyl sites for hydroxylation is 1. The molecule has 0 atom stereocenters. The number of Topliss-reactive ketones (excluding diaryl/α,β-unsaturated/α-hetero) is 1. The Morgan fingerprint density at radius 1 is 1.10 bits per heavy atom. The first-order valence-corrected chi connectivity index (χ1v) is 7.15. The average Bonchev–Trinajstić information content (AvgIpc) is 2.76. The van der Waals surface area contributed by atoms with Gasteiger partial charge in [-0.25, -0.2) is 0 Å². The van der Waals surface area contributed by atoms with Crippen LogP contribution in [0.3, 0.4) is 0 Å². The molecule has 0 aliphatic rings. The van der Waals surface area contributed by atoms with Crippen LogP contribution in [0.1, 0.15) is 15.9 Å². The van der Waals surface area contributed by atoms with Crippen molar-refractivity contribution in [2.45, 2.75) is 13.5 Å². The number of thiazole rings is 1. The van der Waals surface area contributed by atoms with Gasteiger partial charge < -0.3 is 0 Å². The van der Waals surface area contributed by atoms with E-state index in [1.165, 1.54) is 11.3 Å². The number of aromatic nitrogens is 1. The highest BCUT2D eigenvalue weighted by molar-refractivity contribution is 7.16. The van der Waals surface area contributed by atoms with E-state index < -0.39 is 0 Å². The summed E-state index contributed by atoms with van der Waals surface area (Å²) in [6.45, 7) is 2.00. The summed E-state index contributed by atoms with van der Waals surface area (Å²) < 4.78 is 2.46. The maximum atomic E-state index is 12.4. The Bertz CT molecular complexity index is 845. The Hall–Kier alpha value is -2.20. The number of fused-ring (bicyclic) bond motifs is 1. The van der Waals surface area contributed by atoms with E-state index in [2.05, 4.69) is 0 Å². The summed E-state index contributed by atoms with van der Waals surface area (Å²) in [6, 6.07) is 15.0. The number of carbonyl (C=O) groups is 1. The highest BCUT2D eigenvalue weighted by atomic mass is 32.1. The molecule has 0 saturated carbocycles. The van der Waals surface area contributed by atoms with Crippen LogP contribution in [0.2, 0.25) is 0 Å². The molecule has 0 fully saturated rings. The van der Waals surface area contributed by atoms with Crippen LogP contribution in [0.15, 0.2) is 53.3 Å². The Balaban J connectivity index is 2.02. The lowest BCUT2D eigenvalue weighted by Gasteiger charge is -2.06. The summed E-state index contributed by atoms with van der Waals surface area (Å²) in [6.07, 6.45) is 0. The van der Waals surface area contributed by atoms with Crippen LogP contribution in [0.5, 0.6) is 0 Å². The first kappa shape index (κ1) is 12.8. The van der Waals surface area contributed by atoms with Crippen molar-refractivity contribution in [3.8, 4) is 0 Å². The van der Waals surface area contributed by atoms with E-state index in [9.17, 15) is 9.59 Å². The quantitative estimate of drug-likeness (QED) is 0.692. The number of hydrogen-bond acceptors (Lipinski definition) is 3. The van der Waals surface area contributed by atoms with Crippen LogP contribution in [0, 0.1) is 6.92 Å². The second-order valence-corrected chi connectivity index (χ2v) is 5.65. The van der Waals surface area contributed by atoms with Crippen molar-refractivity contribution >= 4 is 27.3 Å². The van der Waals surface area contributed by atoms with Gasteiger partial charge in [0.25, 0.3) is 0 Å². The topological polar surface area (TPSA) is 39.1 Å². The van der Waals surface area contributed by atoms with E-state index in [0.29, 0.717) is 5.56 Å². The van der Waals surface area contributed by atoms with Crippen LogP contribution < -0.4 is 4.87 Å². The molecule has 0 aliphatic carbocycles. The fourth-order valence-corrected chi connectivity index (χ4v) is 3.17. The van der Waals surface area contributed by atoms with Crippen LogP contribution >= 0.6 is 11.3 Å². The number of nitrogens with zero attached hydrogens (tertiary/aromatic N) is 1. The van der Waals surface area contributed by atoms with Crippen molar-refractivity contribution in [2.75, 3.05) is 0 Å². The molecule has 2 aromatic carbocycles.